The molecule has 1 aromatic rings. The van der Waals surface area contributed by atoms with E-state index in [1.54, 1.807) is 0 Å². The van der Waals surface area contributed by atoms with Crippen molar-refractivity contribution in [2.45, 2.75) is 71.6 Å². The summed E-state index contributed by atoms with van der Waals surface area (Å²) in [7, 11) is 0. The predicted octanol–water partition coefficient (Wildman–Crippen LogP) is 6.01. The predicted molar refractivity (Wildman–Crippen MR) is 81.9 cm³/mol. The molecule has 0 heterocycles. The molecule has 0 aliphatic heterocycles. The summed E-state index contributed by atoms with van der Waals surface area (Å²) in [6.45, 7) is 4.65. The van der Waals surface area contributed by atoms with Crippen molar-refractivity contribution in [3.05, 3.63) is 35.9 Å². The maximum Gasteiger partial charge on any atom is -0.0279 e. The highest BCUT2D eigenvalue weighted by molar-refractivity contribution is 5.14. The molecule has 0 nitrogen and oxygen atoms in total. The van der Waals surface area contributed by atoms with Gasteiger partial charge >= 0.3 is 0 Å². The Morgan fingerprint density at radius 2 is 1.56 bits per heavy atom. The number of rotatable bonds is 10. The van der Waals surface area contributed by atoms with Crippen molar-refractivity contribution < 1.29 is 0 Å². The molecule has 0 radical (unpaired) electrons. The van der Waals surface area contributed by atoms with Crippen molar-refractivity contribution in [1.29, 1.82) is 0 Å². The van der Waals surface area contributed by atoms with Crippen LogP contribution >= 0.6 is 0 Å². The molecule has 1 unspecified atom stereocenters. The third kappa shape index (κ3) is 6.83. The lowest BCUT2D eigenvalue weighted by molar-refractivity contribution is 0.409. The second-order valence-corrected chi connectivity index (χ2v) is 5.50. The van der Waals surface area contributed by atoms with E-state index in [2.05, 4.69) is 44.2 Å². The summed E-state index contributed by atoms with van der Waals surface area (Å²) >= 11 is 0. The van der Waals surface area contributed by atoms with E-state index in [4.69, 9.17) is 0 Å². The smallest absolute Gasteiger partial charge is 0.0279 e. The molecular weight excluding hydrogens is 216 g/mol. The van der Waals surface area contributed by atoms with Gasteiger partial charge in [-0.05, 0) is 24.3 Å². The zero-order valence-electron chi connectivity index (χ0n) is 12.3. The fourth-order valence-corrected chi connectivity index (χ4v) is 2.72. The van der Waals surface area contributed by atoms with E-state index < -0.39 is 0 Å². The summed E-state index contributed by atoms with van der Waals surface area (Å²) in [6, 6.07) is 10.9. The van der Waals surface area contributed by atoms with Crippen molar-refractivity contribution in [3.63, 3.8) is 0 Å². The van der Waals surface area contributed by atoms with Gasteiger partial charge in [0.05, 0.1) is 0 Å². The van der Waals surface area contributed by atoms with Crippen molar-refractivity contribution in [2.24, 2.45) is 5.92 Å². The largest absolute Gasteiger partial charge is 0.0654 e. The molecule has 1 aromatic carbocycles. The van der Waals surface area contributed by atoms with E-state index in [0.717, 1.165) is 5.92 Å². The van der Waals surface area contributed by atoms with E-state index in [0.29, 0.717) is 0 Å². The van der Waals surface area contributed by atoms with Crippen molar-refractivity contribution >= 4 is 0 Å². The first-order valence-electron chi connectivity index (χ1n) is 7.90. The van der Waals surface area contributed by atoms with Crippen LogP contribution in [0.4, 0.5) is 0 Å². The van der Waals surface area contributed by atoms with E-state index >= 15 is 0 Å². The molecule has 1 rings (SSSR count). The molecule has 102 valence electrons. The van der Waals surface area contributed by atoms with E-state index in [1.807, 2.05) is 0 Å². The average molecular weight is 246 g/mol. The van der Waals surface area contributed by atoms with Crippen LogP contribution in [0.3, 0.4) is 0 Å². The molecule has 0 saturated carbocycles. The van der Waals surface area contributed by atoms with Crippen molar-refractivity contribution in [3.8, 4) is 0 Å². The summed E-state index contributed by atoms with van der Waals surface area (Å²) in [5.74, 6) is 0.990. The Balaban J connectivity index is 1.98. The van der Waals surface area contributed by atoms with Crippen LogP contribution in [0.5, 0.6) is 0 Å². The first kappa shape index (κ1) is 15.3. The topological polar surface area (TPSA) is 0 Å². The number of benzene rings is 1. The Bertz CT molecular complexity index is 275. The minimum absolute atomic E-state index is 0.990. The van der Waals surface area contributed by atoms with Crippen LogP contribution in [0.2, 0.25) is 0 Å². The van der Waals surface area contributed by atoms with Gasteiger partial charge in [0.15, 0.2) is 0 Å². The van der Waals surface area contributed by atoms with Gasteiger partial charge in [0.25, 0.3) is 0 Å². The number of aryl methyl sites for hydroxylation is 1. The maximum absolute atomic E-state index is 2.34. The lowest BCUT2D eigenvalue weighted by atomic mass is 9.94. The molecule has 0 fully saturated rings. The second kappa shape index (κ2) is 10.2. The van der Waals surface area contributed by atoms with Gasteiger partial charge < -0.3 is 0 Å². The van der Waals surface area contributed by atoms with Crippen LogP contribution in [0.15, 0.2) is 30.3 Å². The normalized spacial score (nSPS) is 12.6. The second-order valence-electron chi connectivity index (χ2n) is 5.50. The molecule has 0 N–H and O–H groups in total. The first-order chi connectivity index (χ1) is 8.86. The maximum atomic E-state index is 2.34. The molecule has 0 spiro atoms. The Labute approximate surface area is 114 Å². The van der Waals surface area contributed by atoms with Crippen LogP contribution < -0.4 is 0 Å². The Morgan fingerprint density at radius 3 is 2.22 bits per heavy atom. The molecule has 0 aromatic heterocycles. The van der Waals surface area contributed by atoms with E-state index in [1.165, 1.54) is 63.4 Å². The van der Waals surface area contributed by atoms with Crippen LogP contribution in [-0.2, 0) is 6.42 Å². The molecular formula is C18H30. The minimum Gasteiger partial charge on any atom is -0.0654 e. The summed E-state index contributed by atoms with van der Waals surface area (Å²) in [5, 5.41) is 0. The monoisotopic (exact) mass is 246 g/mol. The fourth-order valence-electron chi connectivity index (χ4n) is 2.72. The SMILES string of the molecule is CCCC(CC)CCCCCCc1ccccc1. The zero-order valence-corrected chi connectivity index (χ0v) is 12.3. The molecule has 0 heteroatoms. The van der Waals surface area contributed by atoms with Crippen LogP contribution in [-0.4, -0.2) is 0 Å². The molecule has 1 atom stereocenters. The Morgan fingerprint density at radius 1 is 0.833 bits per heavy atom. The van der Waals surface area contributed by atoms with Gasteiger partial charge in [0.2, 0.25) is 0 Å². The van der Waals surface area contributed by atoms with Gasteiger partial charge in [-0.2, -0.15) is 0 Å². The summed E-state index contributed by atoms with van der Waals surface area (Å²) in [6.07, 6.45) is 12.5. The average Bonchev–Trinajstić information content (AvgIpc) is 2.42. The molecule has 0 amide bonds. The van der Waals surface area contributed by atoms with E-state index in [9.17, 15) is 0 Å². The minimum atomic E-state index is 0.990. The van der Waals surface area contributed by atoms with Crippen molar-refractivity contribution in [2.75, 3.05) is 0 Å². The Hall–Kier alpha value is -0.780. The summed E-state index contributed by atoms with van der Waals surface area (Å²) in [4.78, 5) is 0. The highest BCUT2D eigenvalue weighted by atomic mass is 14.1. The van der Waals surface area contributed by atoms with Gasteiger partial charge in [-0.25, -0.2) is 0 Å². The van der Waals surface area contributed by atoms with Crippen LogP contribution in [0, 0.1) is 5.92 Å². The van der Waals surface area contributed by atoms with Crippen LogP contribution in [0.1, 0.15) is 70.8 Å². The lowest BCUT2D eigenvalue weighted by Gasteiger charge is -2.13. The third-order valence-corrected chi connectivity index (χ3v) is 3.94. The highest BCUT2D eigenvalue weighted by Gasteiger charge is 2.04. The quantitative estimate of drug-likeness (QED) is 0.444. The third-order valence-electron chi connectivity index (χ3n) is 3.94. The van der Waals surface area contributed by atoms with E-state index in [-0.39, 0.29) is 0 Å². The Kier molecular flexibility index (Phi) is 8.63. The van der Waals surface area contributed by atoms with Crippen molar-refractivity contribution in [1.82, 2.24) is 0 Å². The number of hydrogen-bond acceptors (Lipinski definition) is 0. The molecule has 18 heavy (non-hydrogen) atoms. The molecule has 0 aliphatic carbocycles. The lowest BCUT2D eigenvalue weighted by Crippen LogP contribution is -1.98. The number of unbranched alkanes of at least 4 members (excludes halogenated alkanes) is 3. The molecule has 0 bridgehead atoms. The van der Waals surface area contributed by atoms with Gasteiger partial charge in [-0.1, -0.05) is 89.1 Å². The van der Waals surface area contributed by atoms with Gasteiger partial charge in [-0.15, -0.1) is 0 Å². The van der Waals surface area contributed by atoms with Crippen LogP contribution in [0.25, 0.3) is 0 Å². The highest BCUT2D eigenvalue weighted by Crippen LogP contribution is 2.19. The summed E-state index contributed by atoms with van der Waals surface area (Å²) in [5.41, 5.74) is 1.50. The van der Waals surface area contributed by atoms with Gasteiger partial charge in [0, 0.05) is 0 Å². The summed E-state index contributed by atoms with van der Waals surface area (Å²) < 4.78 is 0. The molecule has 0 aliphatic rings. The molecule has 0 saturated heterocycles. The number of hydrogen-bond donors (Lipinski definition) is 0. The fraction of sp³-hybridized carbons (Fsp3) is 0.667. The van der Waals surface area contributed by atoms with Gasteiger partial charge in [-0.3, -0.25) is 0 Å². The van der Waals surface area contributed by atoms with Gasteiger partial charge in [0.1, 0.15) is 0 Å². The first-order valence-corrected chi connectivity index (χ1v) is 7.90. The standard InChI is InChI=1S/C18H30/c1-3-12-17(4-2)13-8-5-6-9-14-18-15-10-7-11-16-18/h7,10-11,15-17H,3-6,8-9,12-14H2,1-2H3. The zero-order chi connectivity index (χ0) is 13.1.